The Labute approximate surface area is 84.0 Å². The summed E-state index contributed by atoms with van der Waals surface area (Å²) < 4.78 is 5.74. The largest absolute Gasteiger partial charge is 0.440 e. The van der Waals surface area contributed by atoms with E-state index in [2.05, 4.69) is 31.8 Å². The number of aromatic nitrogens is 1. The van der Waals surface area contributed by atoms with Crippen molar-refractivity contribution in [1.29, 1.82) is 0 Å². The zero-order chi connectivity index (χ0) is 10.1. The van der Waals surface area contributed by atoms with Gasteiger partial charge in [0, 0.05) is 5.92 Å². The molecule has 0 spiro atoms. The number of nitrogens with zero attached hydrogens (tertiary/aromatic N) is 1. The summed E-state index contributed by atoms with van der Waals surface area (Å²) in [6.07, 6.45) is 0.990. The molecule has 74 valence electrons. The minimum absolute atomic E-state index is 0.354. The second kappa shape index (κ2) is 3.45. The van der Waals surface area contributed by atoms with Crippen LogP contribution in [0.5, 0.6) is 0 Å². The fourth-order valence-corrected chi connectivity index (χ4v) is 1.55. The van der Waals surface area contributed by atoms with Gasteiger partial charge < -0.3 is 4.42 Å². The van der Waals surface area contributed by atoms with Gasteiger partial charge in [-0.25, -0.2) is 4.98 Å². The third-order valence-electron chi connectivity index (χ3n) is 2.39. The average Bonchev–Trinajstić information content (AvgIpc) is 2.60. The van der Waals surface area contributed by atoms with Crippen LogP contribution < -0.4 is 0 Å². The molecule has 0 radical (unpaired) electrons. The number of oxazole rings is 1. The standard InChI is InChI=1S/C12H15NO/c1-4-9-6-5-7-10-11(9)14-12(13-10)8(2)3/h5-8H,4H2,1-3H3. The molecule has 0 unspecified atom stereocenters. The lowest BCUT2D eigenvalue weighted by Gasteiger charge is -1.96. The van der Waals surface area contributed by atoms with Crippen molar-refractivity contribution in [1.82, 2.24) is 4.98 Å². The van der Waals surface area contributed by atoms with E-state index in [0.717, 1.165) is 23.4 Å². The van der Waals surface area contributed by atoms with Gasteiger partial charge in [0.15, 0.2) is 11.5 Å². The zero-order valence-corrected chi connectivity index (χ0v) is 8.87. The van der Waals surface area contributed by atoms with Crippen molar-refractivity contribution in [3.63, 3.8) is 0 Å². The van der Waals surface area contributed by atoms with Crippen LogP contribution in [0.15, 0.2) is 22.6 Å². The van der Waals surface area contributed by atoms with E-state index in [1.807, 2.05) is 12.1 Å². The number of hydrogen-bond donors (Lipinski definition) is 0. The Hall–Kier alpha value is -1.31. The van der Waals surface area contributed by atoms with Crippen LogP contribution in [0, 0.1) is 0 Å². The fourth-order valence-electron chi connectivity index (χ4n) is 1.55. The van der Waals surface area contributed by atoms with Crippen molar-refractivity contribution in [2.24, 2.45) is 0 Å². The van der Waals surface area contributed by atoms with Crippen molar-refractivity contribution in [2.75, 3.05) is 0 Å². The molecule has 0 bridgehead atoms. The van der Waals surface area contributed by atoms with Crippen LogP contribution in [0.4, 0.5) is 0 Å². The molecule has 14 heavy (non-hydrogen) atoms. The lowest BCUT2D eigenvalue weighted by molar-refractivity contribution is 0.499. The van der Waals surface area contributed by atoms with Gasteiger partial charge in [-0.3, -0.25) is 0 Å². The molecule has 2 aromatic rings. The van der Waals surface area contributed by atoms with Crippen molar-refractivity contribution >= 4 is 11.1 Å². The number of para-hydroxylation sites is 1. The molecule has 0 fully saturated rings. The number of benzene rings is 1. The molecule has 2 nitrogen and oxygen atoms in total. The van der Waals surface area contributed by atoms with E-state index < -0.39 is 0 Å². The van der Waals surface area contributed by atoms with Crippen LogP contribution in [0.3, 0.4) is 0 Å². The van der Waals surface area contributed by atoms with Gasteiger partial charge in [-0.15, -0.1) is 0 Å². The topological polar surface area (TPSA) is 26.0 Å². The first-order chi connectivity index (χ1) is 6.72. The van der Waals surface area contributed by atoms with Gasteiger partial charge in [-0.05, 0) is 18.1 Å². The Balaban J connectivity index is 2.64. The number of rotatable bonds is 2. The molecule has 1 aromatic heterocycles. The molecule has 0 saturated heterocycles. The lowest BCUT2D eigenvalue weighted by Crippen LogP contribution is -1.84. The van der Waals surface area contributed by atoms with Gasteiger partial charge in [0.1, 0.15) is 5.52 Å². The van der Waals surface area contributed by atoms with E-state index in [0.29, 0.717) is 5.92 Å². The maximum absolute atomic E-state index is 5.74. The molecule has 0 saturated carbocycles. The molecular weight excluding hydrogens is 174 g/mol. The Morgan fingerprint density at radius 1 is 1.36 bits per heavy atom. The molecule has 0 aliphatic rings. The van der Waals surface area contributed by atoms with Crippen molar-refractivity contribution in [2.45, 2.75) is 33.1 Å². The molecule has 1 heterocycles. The van der Waals surface area contributed by atoms with Crippen LogP contribution in [-0.4, -0.2) is 4.98 Å². The number of hydrogen-bond acceptors (Lipinski definition) is 2. The summed E-state index contributed by atoms with van der Waals surface area (Å²) in [7, 11) is 0. The molecule has 2 rings (SSSR count). The van der Waals surface area contributed by atoms with Gasteiger partial charge in [0.25, 0.3) is 0 Å². The third kappa shape index (κ3) is 1.41. The van der Waals surface area contributed by atoms with Gasteiger partial charge in [0.05, 0.1) is 0 Å². The average molecular weight is 189 g/mol. The molecular formula is C12H15NO. The van der Waals surface area contributed by atoms with Gasteiger partial charge in [-0.2, -0.15) is 0 Å². The van der Waals surface area contributed by atoms with Crippen molar-refractivity contribution < 1.29 is 4.42 Å². The first-order valence-electron chi connectivity index (χ1n) is 5.10. The third-order valence-corrected chi connectivity index (χ3v) is 2.39. The quantitative estimate of drug-likeness (QED) is 0.722. The first-order valence-corrected chi connectivity index (χ1v) is 5.10. The smallest absolute Gasteiger partial charge is 0.198 e. The SMILES string of the molecule is CCc1cccc2nc(C(C)C)oc12. The van der Waals surface area contributed by atoms with E-state index in [4.69, 9.17) is 4.42 Å². The second-order valence-electron chi connectivity index (χ2n) is 3.83. The van der Waals surface area contributed by atoms with Crippen LogP contribution in [-0.2, 0) is 6.42 Å². The van der Waals surface area contributed by atoms with E-state index in [1.165, 1.54) is 5.56 Å². The van der Waals surface area contributed by atoms with Crippen LogP contribution in [0.2, 0.25) is 0 Å². The molecule has 0 amide bonds. The minimum atomic E-state index is 0.354. The Morgan fingerprint density at radius 2 is 2.14 bits per heavy atom. The molecule has 2 heteroatoms. The maximum atomic E-state index is 5.74. The van der Waals surface area contributed by atoms with Gasteiger partial charge in [0.2, 0.25) is 0 Å². The number of aryl methyl sites for hydroxylation is 1. The highest BCUT2D eigenvalue weighted by Gasteiger charge is 2.10. The molecule has 0 aliphatic heterocycles. The second-order valence-corrected chi connectivity index (χ2v) is 3.83. The Kier molecular flexibility index (Phi) is 2.28. The molecule has 1 aromatic carbocycles. The first kappa shape index (κ1) is 9.25. The molecule has 0 N–H and O–H groups in total. The monoisotopic (exact) mass is 189 g/mol. The van der Waals surface area contributed by atoms with E-state index in [-0.39, 0.29) is 0 Å². The predicted molar refractivity (Wildman–Crippen MR) is 57.5 cm³/mol. The summed E-state index contributed by atoms with van der Waals surface area (Å²) in [5, 5.41) is 0. The van der Waals surface area contributed by atoms with Gasteiger partial charge >= 0.3 is 0 Å². The van der Waals surface area contributed by atoms with E-state index in [9.17, 15) is 0 Å². The normalized spacial score (nSPS) is 11.4. The summed E-state index contributed by atoms with van der Waals surface area (Å²) in [6, 6.07) is 6.13. The highest BCUT2D eigenvalue weighted by molar-refractivity contribution is 5.76. The zero-order valence-electron chi connectivity index (χ0n) is 8.87. The predicted octanol–water partition coefficient (Wildman–Crippen LogP) is 3.51. The summed E-state index contributed by atoms with van der Waals surface area (Å²) in [5.41, 5.74) is 3.17. The van der Waals surface area contributed by atoms with E-state index >= 15 is 0 Å². The summed E-state index contributed by atoms with van der Waals surface area (Å²) in [4.78, 5) is 4.45. The molecule has 0 aliphatic carbocycles. The van der Waals surface area contributed by atoms with Crippen molar-refractivity contribution in [3.8, 4) is 0 Å². The maximum Gasteiger partial charge on any atom is 0.198 e. The van der Waals surface area contributed by atoms with Crippen molar-refractivity contribution in [3.05, 3.63) is 29.7 Å². The minimum Gasteiger partial charge on any atom is -0.440 e. The summed E-state index contributed by atoms with van der Waals surface area (Å²) >= 11 is 0. The van der Waals surface area contributed by atoms with E-state index in [1.54, 1.807) is 0 Å². The summed E-state index contributed by atoms with van der Waals surface area (Å²) in [6.45, 7) is 6.32. The Morgan fingerprint density at radius 3 is 2.79 bits per heavy atom. The fraction of sp³-hybridized carbons (Fsp3) is 0.417. The highest BCUT2D eigenvalue weighted by Crippen LogP contribution is 2.24. The molecule has 0 atom stereocenters. The summed E-state index contributed by atoms with van der Waals surface area (Å²) in [5.74, 6) is 1.19. The van der Waals surface area contributed by atoms with Gasteiger partial charge in [-0.1, -0.05) is 32.9 Å². The van der Waals surface area contributed by atoms with Crippen LogP contribution in [0.1, 0.15) is 38.1 Å². The Bertz CT molecular complexity index is 443. The number of fused-ring (bicyclic) bond motifs is 1. The van der Waals surface area contributed by atoms with Crippen LogP contribution in [0.25, 0.3) is 11.1 Å². The highest BCUT2D eigenvalue weighted by atomic mass is 16.3. The lowest BCUT2D eigenvalue weighted by atomic mass is 10.1. The van der Waals surface area contributed by atoms with Crippen LogP contribution >= 0.6 is 0 Å².